The maximum Gasteiger partial charge on any atom is 0.229 e. The molecule has 0 amide bonds. The van der Waals surface area contributed by atoms with Crippen LogP contribution in [0.3, 0.4) is 0 Å². The molecule has 5 nitrogen and oxygen atoms in total. The maximum absolute atomic E-state index is 11.2. The number of nitrogens with one attached hydrogen (secondary N) is 2. The molecule has 0 radical (unpaired) electrons. The Hall–Kier alpha value is -1.11. The highest BCUT2D eigenvalue weighted by Gasteiger charge is 2.29. The average molecular weight is 326 g/mol. The quantitative estimate of drug-likeness (QED) is 0.750. The Morgan fingerprint density at radius 2 is 1.77 bits per heavy atom. The van der Waals surface area contributed by atoms with Gasteiger partial charge in [0, 0.05) is 18.3 Å². The van der Waals surface area contributed by atoms with Crippen molar-refractivity contribution < 1.29 is 13.5 Å². The smallest absolute Gasteiger partial charge is 0.229 e. The molecule has 6 heteroatoms. The van der Waals surface area contributed by atoms with E-state index in [-0.39, 0.29) is 6.04 Å². The number of hydrogen-bond donors (Lipinski definition) is 3. The van der Waals surface area contributed by atoms with E-state index in [1.807, 2.05) is 19.1 Å². The van der Waals surface area contributed by atoms with Gasteiger partial charge in [0.05, 0.1) is 11.9 Å². The van der Waals surface area contributed by atoms with E-state index in [1.54, 1.807) is 12.1 Å². The lowest BCUT2D eigenvalue weighted by atomic mass is 9.84. The third-order valence-electron chi connectivity index (χ3n) is 4.24. The number of rotatable bonds is 6. The number of sulfonamides is 1. The van der Waals surface area contributed by atoms with Crippen molar-refractivity contribution in [3.8, 4) is 0 Å². The van der Waals surface area contributed by atoms with Crippen molar-refractivity contribution in [3.05, 3.63) is 29.8 Å². The number of anilines is 1. The average Bonchev–Trinajstić information content (AvgIpc) is 2.45. The third kappa shape index (κ3) is 5.26. The van der Waals surface area contributed by atoms with Crippen LogP contribution in [0.4, 0.5) is 5.69 Å². The van der Waals surface area contributed by atoms with Gasteiger partial charge in [0.15, 0.2) is 0 Å². The summed E-state index contributed by atoms with van der Waals surface area (Å²) in [6.07, 6.45) is 6.27. The molecule has 1 aliphatic rings. The Morgan fingerprint density at radius 3 is 2.32 bits per heavy atom. The van der Waals surface area contributed by atoms with Gasteiger partial charge in [-0.3, -0.25) is 4.72 Å². The predicted molar refractivity (Wildman–Crippen MR) is 89.4 cm³/mol. The van der Waals surface area contributed by atoms with E-state index in [1.165, 1.54) is 6.42 Å². The highest BCUT2D eigenvalue weighted by Crippen LogP contribution is 2.28. The van der Waals surface area contributed by atoms with Gasteiger partial charge in [-0.15, -0.1) is 0 Å². The van der Waals surface area contributed by atoms with Gasteiger partial charge < -0.3 is 10.4 Å². The van der Waals surface area contributed by atoms with Crippen molar-refractivity contribution in [2.24, 2.45) is 0 Å². The molecule has 1 saturated carbocycles. The Bertz CT molecular complexity index is 578. The minimum absolute atomic E-state index is 0.109. The first-order valence-electron chi connectivity index (χ1n) is 7.81. The van der Waals surface area contributed by atoms with Gasteiger partial charge in [-0.2, -0.15) is 0 Å². The highest BCUT2D eigenvalue weighted by molar-refractivity contribution is 7.92. The van der Waals surface area contributed by atoms with Gasteiger partial charge in [0.25, 0.3) is 0 Å². The minimum Gasteiger partial charge on any atom is -0.389 e. The summed E-state index contributed by atoms with van der Waals surface area (Å²) in [4.78, 5) is 0. The molecule has 0 heterocycles. The van der Waals surface area contributed by atoms with Crippen molar-refractivity contribution in [2.45, 2.75) is 50.7 Å². The fraction of sp³-hybridized carbons (Fsp3) is 0.625. The van der Waals surface area contributed by atoms with Crippen molar-refractivity contribution >= 4 is 15.7 Å². The molecule has 1 aromatic rings. The van der Waals surface area contributed by atoms with Crippen molar-refractivity contribution in [3.63, 3.8) is 0 Å². The maximum atomic E-state index is 11.2. The summed E-state index contributed by atoms with van der Waals surface area (Å²) < 4.78 is 24.8. The van der Waals surface area contributed by atoms with Gasteiger partial charge in [0.1, 0.15) is 0 Å². The first-order valence-corrected chi connectivity index (χ1v) is 9.70. The SMILES string of the molecule is CC(NCC1(O)CCCCC1)c1ccc(NS(C)(=O)=O)cc1. The van der Waals surface area contributed by atoms with Crippen molar-refractivity contribution in [1.82, 2.24) is 5.32 Å². The highest BCUT2D eigenvalue weighted by atomic mass is 32.2. The normalized spacial score (nSPS) is 19.6. The van der Waals surface area contributed by atoms with Crippen LogP contribution in [0.5, 0.6) is 0 Å². The Balaban J connectivity index is 1.90. The second kappa shape index (κ2) is 6.98. The molecule has 1 fully saturated rings. The molecule has 1 aliphatic carbocycles. The number of aliphatic hydroxyl groups is 1. The number of hydrogen-bond acceptors (Lipinski definition) is 4. The molecule has 22 heavy (non-hydrogen) atoms. The van der Waals surface area contributed by atoms with Crippen molar-refractivity contribution in [1.29, 1.82) is 0 Å². The fourth-order valence-corrected chi connectivity index (χ4v) is 3.47. The van der Waals surface area contributed by atoms with E-state index in [0.29, 0.717) is 12.2 Å². The first-order chi connectivity index (χ1) is 10.3. The lowest BCUT2D eigenvalue weighted by Gasteiger charge is -2.33. The van der Waals surface area contributed by atoms with Gasteiger partial charge in [-0.1, -0.05) is 31.4 Å². The van der Waals surface area contributed by atoms with E-state index < -0.39 is 15.6 Å². The molecule has 1 aromatic carbocycles. The fourth-order valence-electron chi connectivity index (χ4n) is 2.90. The summed E-state index contributed by atoms with van der Waals surface area (Å²) >= 11 is 0. The second-order valence-electron chi connectivity index (χ2n) is 6.38. The lowest BCUT2D eigenvalue weighted by molar-refractivity contribution is 0.00300. The first kappa shape index (κ1) is 17.2. The molecule has 124 valence electrons. The van der Waals surface area contributed by atoms with Crippen LogP contribution in [0.1, 0.15) is 50.6 Å². The molecule has 0 aromatic heterocycles. The molecule has 0 bridgehead atoms. The van der Waals surface area contributed by atoms with Crippen molar-refractivity contribution in [2.75, 3.05) is 17.5 Å². The summed E-state index contributed by atoms with van der Waals surface area (Å²) in [5.41, 5.74) is 1.05. The van der Waals surface area contributed by atoms with Crippen LogP contribution in [-0.2, 0) is 10.0 Å². The number of benzene rings is 1. The molecule has 0 spiro atoms. The minimum atomic E-state index is -3.24. The summed E-state index contributed by atoms with van der Waals surface area (Å²) in [6.45, 7) is 2.64. The lowest BCUT2D eigenvalue weighted by Crippen LogP contribution is -2.42. The molecule has 0 aliphatic heterocycles. The summed E-state index contributed by atoms with van der Waals surface area (Å²) in [6, 6.07) is 7.42. The van der Waals surface area contributed by atoms with Gasteiger partial charge in [-0.25, -0.2) is 8.42 Å². The molecule has 3 N–H and O–H groups in total. The largest absolute Gasteiger partial charge is 0.389 e. The van der Waals surface area contributed by atoms with Gasteiger partial charge in [-0.05, 0) is 37.5 Å². The van der Waals surface area contributed by atoms with E-state index in [0.717, 1.165) is 37.5 Å². The molecular weight excluding hydrogens is 300 g/mol. The van der Waals surface area contributed by atoms with E-state index in [4.69, 9.17) is 0 Å². The Morgan fingerprint density at radius 1 is 1.18 bits per heavy atom. The molecule has 2 rings (SSSR count). The van der Waals surface area contributed by atoms with Crippen LogP contribution in [0.15, 0.2) is 24.3 Å². The van der Waals surface area contributed by atoms with E-state index in [9.17, 15) is 13.5 Å². The second-order valence-corrected chi connectivity index (χ2v) is 8.13. The van der Waals surface area contributed by atoms with Crippen LogP contribution >= 0.6 is 0 Å². The molecule has 1 atom stereocenters. The van der Waals surface area contributed by atoms with Gasteiger partial charge >= 0.3 is 0 Å². The summed E-state index contributed by atoms with van der Waals surface area (Å²) in [5, 5.41) is 13.9. The predicted octanol–water partition coefficient (Wildman–Crippen LogP) is 2.40. The summed E-state index contributed by atoms with van der Waals surface area (Å²) in [7, 11) is -3.24. The summed E-state index contributed by atoms with van der Waals surface area (Å²) in [5.74, 6) is 0. The zero-order valence-corrected chi connectivity index (χ0v) is 14.1. The van der Waals surface area contributed by atoms with Crippen LogP contribution in [0.2, 0.25) is 0 Å². The standard InChI is InChI=1S/C16H26N2O3S/c1-13(17-12-16(19)10-4-3-5-11-16)14-6-8-15(9-7-14)18-22(2,20)21/h6-9,13,17-19H,3-5,10-12H2,1-2H3. The van der Waals surface area contributed by atoms with Crippen LogP contribution in [-0.4, -0.2) is 31.9 Å². The zero-order chi connectivity index (χ0) is 16.2. The van der Waals surface area contributed by atoms with Crippen LogP contribution in [0, 0.1) is 0 Å². The topological polar surface area (TPSA) is 78.4 Å². The monoisotopic (exact) mass is 326 g/mol. The van der Waals surface area contributed by atoms with Gasteiger partial charge in [0.2, 0.25) is 10.0 Å². The molecule has 0 saturated heterocycles. The Kier molecular flexibility index (Phi) is 5.47. The van der Waals surface area contributed by atoms with Crippen LogP contribution in [0.25, 0.3) is 0 Å². The molecular formula is C16H26N2O3S. The third-order valence-corrected chi connectivity index (χ3v) is 4.84. The van der Waals surface area contributed by atoms with E-state index >= 15 is 0 Å². The van der Waals surface area contributed by atoms with Crippen LogP contribution < -0.4 is 10.0 Å². The van der Waals surface area contributed by atoms with E-state index in [2.05, 4.69) is 10.0 Å². The molecule has 1 unspecified atom stereocenters. The Labute approximate surface area is 133 Å². The zero-order valence-electron chi connectivity index (χ0n) is 13.3.